The molecule has 2 aromatic rings. The molecule has 4 rings (SSSR count). The van der Waals surface area contributed by atoms with Gasteiger partial charge in [0, 0.05) is 25.2 Å². The van der Waals surface area contributed by atoms with Gasteiger partial charge in [0.2, 0.25) is 5.82 Å². The molecular formula is C24H38N6O. The first-order chi connectivity index (χ1) is 15.2. The van der Waals surface area contributed by atoms with Gasteiger partial charge < -0.3 is 9.64 Å². The summed E-state index contributed by atoms with van der Waals surface area (Å²) in [6.45, 7) is 12.4. The fourth-order valence-electron chi connectivity index (χ4n) is 5.00. The second kappa shape index (κ2) is 11.2. The molecule has 1 aromatic carbocycles. The minimum absolute atomic E-state index is 0.376. The average molecular weight is 427 g/mol. The van der Waals surface area contributed by atoms with E-state index in [9.17, 15) is 0 Å². The molecule has 31 heavy (non-hydrogen) atoms. The van der Waals surface area contributed by atoms with Gasteiger partial charge in [0.15, 0.2) is 0 Å². The van der Waals surface area contributed by atoms with Crippen molar-refractivity contribution < 1.29 is 4.74 Å². The number of likely N-dealkylation sites (tertiary alicyclic amines) is 1. The molecule has 0 saturated carbocycles. The molecule has 0 amide bonds. The number of benzene rings is 1. The molecule has 7 heteroatoms. The Kier molecular flexibility index (Phi) is 8.05. The molecule has 0 N–H and O–H groups in total. The van der Waals surface area contributed by atoms with Gasteiger partial charge in [-0.1, -0.05) is 36.8 Å². The van der Waals surface area contributed by atoms with Crippen LogP contribution in [0.15, 0.2) is 30.3 Å². The molecule has 1 aromatic heterocycles. The van der Waals surface area contributed by atoms with Crippen molar-refractivity contribution in [1.82, 2.24) is 30.0 Å². The van der Waals surface area contributed by atoms with E-state index in [0.717, 1.165) is 37.5 Å². The van der Waals surface area contributed by atoms with Gasteiger partial charge in [0.1, 0.15) is 0 Å². The maximum absolute atomic E-state index is 5.87. The van der Waals surface area contributed by atoms with Gasteiger partial charge >= 0.3 is 0 Å². The van der Waals surface area contributed by atoms with E-state index in [1.54, 1.807) is 4.80 Å². The van der Waals surface area contributed by atoms with E-state index in [-0.39, 0.29) is 0 Å². The smallest absolute Gasteiger partial charge is 0.204 e. The van der Waals surface area contributed by atoms with Gasteiger partial charge in [-0.25, -0.2) is 0 Å². The van der Waals surface area contributed by atoms with Crippen LogP contribution in [0.3, 0.4) is 0 Å². The summed E-state index contributed by atoms with van der Waals surface area (Å²) in [6.07, 6.45) is 7.00. The topological polar surface area (TPSA) is 59.3 Å². The molecule has 2 fully saturated rings. The standard InChI is InChI=1S/C24H38N6O/c1-20-17-29(18-21(2)31-20)19-22-11-15-28(16-12-22)13-7-4-8-14-30-26-24(25-27-30)23-9-5-3-6-10-23/h3,5-6,9-10,20-22H,4,7-8,11-19H2,1-2H3. The average Bonchev–Trinajstić information content (AvgIpc) is 3.24. The van der Waals surface area contributed by atoms with E-state index in [1.165, 1.54) is 51.9 Å². The first-order valence-electron chi connectivity index (χ1n) is 12.1. The summed E-state index contributed by atoms with van der Waals surface area (Å²) in [6, 6.07) is 10.0. The van der Waals surface area contributed by atoms with E-state index in [4.69, 9.17) is 4.74 Å². The molecule has 2 atom stereocenters. The van der Waals surface area contributed by atoms with Crippen LogP contribution in [0.25, 0.3) is 11.4 Å². The van der Waals surface area contributed by atoms with Crippen LogP contribution in [-0.2, 0) is 11.3 Å². The number of unbranched alkanes of at least 4 members (excludes halogenated alkanes) is 2. The summed E-state index contributed by atoms with van der Waals surface area (Å²) in [5.41, 5.74) is 1.02. The number of rotatable bonds is 9. The lowest BCUT2D eigenvalue weighted by molar-refractivity contribution is -0.0731. The molecule has 170 valence electrons. The van der Waals surface area contributed by atoms with Crippen LogP contribution in [0.1, 0.15) is 46.0 Å². The normalized spacial score (nSPS) is 23.9. The third-order valence-corrected chi connectivity index (χ3v) is 6.54. The second-order valence-corrected chi connectivity index (χ2v) is 9.40. The van der Waals surface area contributed by atoms with E-state index < -0.39 is 0 Å². The Bertz CT molecular complexity index is 763. The van der Waals surface area contributed by atoms with Crippen molar-refractivity contribution in [2.45, 2.75) is 64.7 Å². The van der Waals surface area contributed by atoms with E-state index in [2.05, 4.69) is 39.1 Å². The number of aryl methyl sites for hydroxylation is 1. The quantitative estimate of drug-likeness (QED) is 0.573. The fraction of sp³-hybridized carbons (Fsp3) is 0.708. The zero-order chi connectivity index (χ0) is 21.5. The van der Waals surface area contributed by atoms with Crippen LogP contribution in [0.4, 0.5) is 0 Å². The molecule has 7 nitrogen and oxygen atoms in total. The molecule has 0 radical (unpaired) electrons. The molecule has 0 spiro atoms. The Morgan fingerprint density at radius 2 is 1.61 bits per heavy atom. The largest absolute Gasteiger partial charge is 0.373 e. The molecule has 0 bridgehead atoms. The summed E-state index contributed by atoms with van der Waals surface area (Å²) < 4.78 is 5.87. The van der Waals surface area contributed by atoms with Gasteiger partial charge in [-0.3, -0.25) is 4.90 Å². The first-order valence-corrected chi connectivity index (χ1v) is 12.1. The van der Waals surface area contributed by atoms with Crippen molar-refractivity contribution in [3.8, 4) is 11.4 Å². The summed E-state index contributed by atoms with van der Waals surface area (Å²) in [5, 5.41) is 12.9. The summed E-state index contributed by atoms with van der Waals surface area (Å²) in [5.74, 6) is 1.57. The highest BCUT2D eigenvalue weighted by Crippen LogP contribution is 2.21. The minimum atomic E-state index is 0.376. The monoisotopic (exact) mass is 426 g/mol. The van der Waals surface area contributed by atoms with Crippen molar-refractivity contribution in [3.05, 3.63) is 30.3 Å². The maximum Gasteiger partial charge on any atom is 0.204 e. The summed E-state index contributed by atoms with van der Waals surface area (Å²) in [7, 11) is 0. The van der Waals surface area contributed by atoms with Crippen molar-refractivity contribution in [1.29, 1.82) is 0 Å². The third-order valence-electron chi connectivity index (χ3n) is 6.54. The van der Waals surface area contributed by atoms with Crippen molar-refractivity contribution in [3.63, 3.8) is 0 Å². The van der Waals surface area contributed by atoms with Crippen molar-refractivity contribution >= 4 is 0 Å². The Labute approximate surface area is 186 Å². The Hall–Kier alpha value is -1.83. The number of hydrogen-bond donors (Lipinski definition) is 0. The number of tetrazole rings is 1. The SMILES string of the molecule is CC1CN(CC2CCN(CCCCCn3nnc(-c4ccccc4)n3)CC2)CC(C)O1. The first kappa shape index (κ1) is 22.4. The van der Waals surface area contributed by atoms with Crippen LogP contribution in [0.5, 0.6) is 0 Å². The van der Waals surface area contributed by atoms with Crippen LogP contribution < -0.4 is 0 Å². The summed E-state index contributed by atoms with van der Waals surface area (Å²) >= 11 is 0. The van der Waals surface area contributed by atoms with Crippen LogP contribution in [-0.4, -0.2) is 81.5 Å². The lowest BCUT2D eigenvalue weighted by atomic mass is 9.95. The van der Waals surface area contributed by atoms with Crippen LogP contribution in [0.2, 0.25) is 0 Å². The van der Waals surface area contributed by atoms with Gasteiger partial charge in [-0.15, -0.1) is 10.2 Å². The predicted octanol–water partition coefficient (Wildman–Crippen LogP) is 3.33. The number of nitrogens with zero attached hydrogens (tertiary/aromatic N) is 6. The third kappa shape index (κ3) is 6.82. The molecule has 2 aliphatic rings. The van der Waals surface area contributed by atoms with E-state index >= 15 is 0 Å². The van der Waals surface area contributed by atoms with Crippen molar-refractivity contribution in [2.24, 2.45) is 5.92 Å². The molecule has 2 aliphatic heterocycles. The zero-order valence-electron chi connectivity index (χ0n) is 19.2. The Morgan fingerprint density at radius 1 is 0.903 bits per heavy atom. The van der Waals surface area contributed by atoms with Crippen LogP contribution in [0, 0.1) is 5.92 Å². The van der Waals surface area contributed by atoms with E-state index in [0.29, 0.717) is 18.0 Å². The number of aromatic nitrogens is 4. The van der Waals surface area contributed by atoms with Gasteiger partial charge in [0.25, 0.3) is 0 Å². The molecule has 2 unspecified atom stereocenters. The number of hydrogen-bond acceptors (Lipinski definition) is 6. The molecule has 0 aliphatic carbocycles. The minimum Gasteiger partial charge on any atom is -0.373 e. The van der Waals surface area contributed by atoms with E-state index in [1.807, 2.05) is 30.3 Å². The predicted molar refractivity (Wildman–Crippen MR) is 123 cm³/mol. The highest BCUT2D eigenvalue weighted by atomic mass is 16.5. The Balaban J connectivity index is 1.08. The van der Waals surface area contributed by atoms with Gasteiger partial charge in [0.05, 0.1) is 18.8 Å². The highest BCUT2D eigenvalue weighted by Gasteiger charge is 2.26. The number of ether oxygens (including phenoxy) is 1. The van der Waals surface area contributed by atoms with Gasteiger partial charge in [-0.05, 0) is 70.3 Å². The zero-order valence-corrected chi connectivity index (χ0v) is 19.2. The lowest BCUT2D eigenvalue weighted by Crippen LogP contribution is -2.48. The molecule has 3 heterocycles. The van der Waals surface area contributed by atoms with Gasteiger partial charge in [-0.2, -0.15) is 4.80 Å². The molecule has 2 saturated heterocycles. The number of morpholine rings is 1. The second-order valence-electron chi connectivity index (χ2n) is 9.40. The van der Waals surface area contributed by atoms with Crippen LogP contribution >= 0.6 is 0 Å². The Morgan fingerprint density at radius 3 is 2.35 bits per heavy atom. The maximum atomic E-state index is 5.87. The highest BCUT2D eigenvalue weighted by molar-refractivity contribution is 5.52. The molecular weight excluding hydrogens is 388 g/mol. The van der Waals surface area contributed by atoms with Crippen molar-refractivity contribution in [2.75, 3.05) is 39.3 Å². The fourth-order valence-corrected chi connectivity index (χ4v) is 5.00. The number of piperidine rings is 1. The summed E-state index contributed by atoms with van der Waals surface area (Å²) in [4.78, 5) is 7.02. The lowest BCUT2D eigenvalue weighted by Gasteiger charge is -2.39.